The Morgan fingerprint density at radius 1 is 1.20 bits per heavy atom. The number of amides is 1. The van der Waals surface area contributed by atoms with Crippen molar-refractivity contribution in [3.63, 3.8) is 0 Å². The number of ether oxygens (including phenoxy) is 1. The Kier molecular flexibility index (Phi) is 5.39. The van der Waals surface area contributed by atoms with Gasteiger partial charge in [0.1, 0.15) is 5.75 Å². The fourth-order valence-corrected chi connectivity index (χ4v) is 3.70. The molecule has 1 fully saturated rings. The summed E-state index contributed by atoms with van der Waals surface area (Å²) in [6, 6.07) is 18.1. The van der Waals surface area contributed by atoms with Gasteiger partial charge in [-0.3, -0.25) is 4.79 Å². The van der Waals surface area contributed by atoms with E-state index in [-0.39, 0.29) is 11.8 Å². The molecule has 3 rings (SSSR count). The van der Waals surface area contributed by atoms with Gasteiger partial charge in [0.15, 0.2) is 0 Å². The highest BCUT2D eigenvalue weighted by molar-refractivity contribution is 5.83. The molecule has 4 nitrogen and oxygen atoms in total. The van der Waals surface area contributed by atoms with Crippen LogP contribution in [0.1, 0.15) is 29.9 Å². The Balaban J connectivity index is 1.76. The lowest BCUT2D eigenvalue weighted by Crippen LogP contribution is -2.33. The second-order valence-corrected chi connectivity index (χ2v) is 6.75. The van der Waals surface area contributed by atoms with Crippen molar-refractivity contribution < 1.29 is 9.53 Å². The third kappa shape index (κ3) is 3.69. The lowest BCUT2D eigenvalue weighted by molar-refractivity contribution is -0.131. The highest BCUT2D eigenvalue weighted by Crippen LogP contribution is 2.34. The fraction of sp³-hybridized carbons (Fsp3) is 0.381. The molecule has 1 aliphatic rings. The van der Waals surface area contributed by atoms with Crippen LogP contribution in [0.4, 0.5) is 0 Å². The molecule has 1 unspecified atom stereocenters. The van der Waals surface area contributed by atoms with Crippen LogP contribution in [0.2, 0.25) is 0 Å². The average molecular weight is 338 g/mol. The minimum atomic E-state index is -0.192. The summed E-state index contributed by atoms with van der Waals surface area (Å²) < 4.78 is 5.28. The molecule has 1 saturated heterocycles. The molecule has 1 aliphatic heterocycles. The Hall–Kier alpha value is -2.33. The van der Waals surface area contributed by atoms with Crippen molar-refractivity contribution in [2.24, 2.45) is 11.7 Å². The number of carbonyl (C=O) groups excluding carboxylic acids is 1. The second-order valence-electron chi connectivity index (χ2n) is 6.75. The fourth-order valence-electron chi connectivity index (χ4n) is 3.70. The van der Waals surface area contributed by atoms with E-state index in [9.17, 15) is 4.79 Å². The monoisotopic (exact) mass is 338 g/mol. The Morgan fingerprint density at radius 3 is 2.64 bits per heavy atom. The molecule has 0 spiro atoms. The van der Waals surface area contributed by atoms with Gasteiger partial charge in [-0.2, -0.15) is 0 Å². The Bertz CT molecular complexity index is 717. The van der Waals surface area contributed by atoms with Gasteiger partial charge in [0.05, 0.1) is 13.0 Å². The van der Waals surface area contributed by atoms with Gasteiger partial charge in [-0.15, -0.1) is 0 Å². The van der Waals surface area contributed by atoms with E-state index in [1.807, 2.05) is 54.3 Å². The number of nitrogens with zero attached hydrogens (tertiary/aromatic N) is 1. The van der Waals surface area contributed by atoms with Gasteiger partial charge in [-0.25, -0.2) is 0 Å². The van der Waals surface area contributed by atoms with Crippen molar-refractivity contribution in [2.45, 2.75) is 18.8 Å². The molecule has 3 atom stereocenters. The van der Waals surface area contributed by atoms with Crippen LogP contribution in [0, 0.1) is 5.92 Å². The Labute approximate surface area is 149 Å². The summed E-state index contributed by atoms with van der Waals surface area (Å²) in [6.45, 7) is 4.02. The van der Waals surface area contributed by atoms with E-state index in [1.54, 1.807) is 7.11 Å². The standard InChI is InChI=1S/C21H26N2O2/c1-15(17-9-6-10-19(11-17)25-2)21(24)23-13-18(12-22)20(14-23)16-7-4-3-5-8-16/h3-11,15,18,20H,12-14,22H2,1-2H3/t15?,18-,20+/m1/s1. The van der Waals surface area contributed by atoms with Crippen molar-refractivity contribution in [1.29, 1.82) is 0 Å². The zero-order valence-electron chi connectivity index (χ0n) is 14.9. The number of nitrogens with two attached hydrogens (primary N) is 1. The molecule has 4 heteroatoms. The van der Waals surface area contributed by atoms with Gasteiger partial charge in [-0.05, 0) is 42.6 Å². The Morgan fingerprint density at radius 2 is 1.96 bits per heavy atom. The van der Waals surface area contributed by atoms with Crippen molar-refractivity contribution >= 4 is 5.91 Å². The zero-order chi connectivity index (χ0) is 17.8. The first kappa shape index (κ1) is 17.5. The quantitative estimate of drug-likeness (QED) is 0.912. The van der Waals surface area contributed by atoms with Crippen LogP contribution in [-0.2, 0) is 4.79 Å². The topological polar surface area (TPSA) is 55.6 Å². The van der Waals surface area contributed by atoms with E-state index < -0.39 is 0 Å². The van der Waals surface area contributed by atoms with E-state index in [0.717, 1.165) is 24.4 Å². The summed E-state index contributed by atoms with van der Waals surface area (Å²) in [5, 5.41) is 0. The van der Waals surface area contributed by atoms with Gasteiger partial charge in [-0.1, -0.05) is 42.5 Å². The van der Waals surface area contributed by atoms with Crippen LogP contribution in [-0.4, -0.2) is 37.6 Å². The molecule has 0 saturated carbocycles. The summed E-state index contributed by atoms with van der Waals surface area (Å²) in [5.41, 5.74) is 8.24. The first-order chi connectivity index (χ1) is 12.1. The minimum Gasteiger partial charge on any atom is -0.497 e. The number of rotatable bonds is 5. The van der Waals surface area contributed by atoms with Crippen LogP contribution in [0.25, 0.3) is 0 Å². The van der Waals surface area contributed by atoms with Crippen molar-refractivity contribution in [1.82, 2.24) is 4.90 Å². The first-order valence-electron chi connectivity index (χ1n) is 8.81. The third-order valence-electron chi connectivity index (χ3n) is 5.25. The predicted octanol–water partition coefficient (Wildman–Crippen LogP) is 3.00. The third-order valence-corrected chi connectivity index (χ3v) is 5.25. The smallest absolute Gasteiger partial charge is 0.229 e. The maximum atomic E-state index is 13.0. The number of carbonyl (C=O) groups is 1. The summed E-state index contributed by atoms with van der Waals surface area (Å²) in [4.78, 5) is 15.0. The van der Waals surface area contributed by atoms with Crippen LogP contribution < -0.4 is 10.5 Å². The van der Waals surface area contributed by atoms with Crippen LogP contribution in [0.15, 0.2) is 54.6 Å². The second kappa shape index (κ2) is 7.70. The average Bonchev–Trinajstić information content (AvgIpc) is 3.12. The number of methoxy groups -OCH3 is 1. The molecule has 0 aliphatic carbocycles. The molecule has 1 amide bonds. The van der Waals surface area contributed by atoms with E-state index >= 15 is 0 Å². The number of hydrogen-bond acceptors (Lipinski definition) is 3. The molecule has 2 aromatic rings. The van der Waals surface area contributed by atoms with Gasteiger partial charge in [0.25, 0.3) is 0 Å². The highest BCUT2D eigenvalue weighted by atomic mass is 16.5. The van der Waals surface area contributed by atoms with E-state index in [4.69, 9.17) is 10.5 Å². The van der Waals surface area contributed by atoms with E-state index in [2.05, 4.69) is 12.1 Å². The molecule has 0 bridgehead atoms. The SMILES string of the molecule is COc1cccc(C(C)C(=O)N2C[C@@H](CN)[C@H](c3ccccc3)C2)c1. The molecule has 0 radical (unpaired) electrons. The summed E-state index contributed by atoms with van der Waals surface area (Å²) in [6.07, 6.45) is 0. The molecule has 2 N–H and O–H groups in total. The van der Waals surface area contributed by atoms with Gasteiger partial charge < -0.3 is 15.4 Å². The van der Waals surface area contributed by atoms with Gasteiger partial charge in [0, 0.05) is 19.0 Å². The predicted molar refractivity (Wildman–Crippen MR) is 99.7 cm³/mol. The maximum Gasteiger partial charge on any atom is 0.229 e. The van der Waals surface area contributed by atoms with Crippen LogP contribution >= 0.6 is 0 Å². The molecule has 2 aromatic carbocycles. The molecule has 25 heavy (non-hydrogen) atoms. The van der Waals surface area contributed by atoms with Crippen LogP contribution in [0.5, 0.6) is 5.75 Å². The normalized spacial score (nSPS) is 21.2. The molecule has 132 valence electrons. The summed E-state index contributed by atoms with van der Waals surface area (Å²) in [7, 11) is 1.64. The largest absolute Gasteiger partial charge is 0.497 e. The molecular formula is C21H26N2O2. The van der Waals surface area contributed by atoms with Crippen molar-refractivity contribution in [3.8, 4) is 5.75 Å². The summed E-state index contributed by atoms with van der Waals surface area (Å²) in [5.74, 6) is 1.37. The van der Waals surface area contributed by atoms with Crippen molar-refractivity contribution in [2.75, 3.05) is 26.7 Å². The van der Waals surface area contributed by atoms with Crippen LogP contribution in [0.3, 0.4) is 0 Å². The van der Waals surface area contributed by atoms with Gasteiger partial charge >= 0.3 is 0 Å². The van der Waals surface area contributed by atoms with E-state index in [1.165, 1.54) is 5.56 Å². The lowest BCUT2D eigenvalue weighted by atomic mass is 9.89. The van der Waals surface area contributed by atoms with E-state index in [0.29, 0.717) is 18.4 Å². The lowest BCUT2D eigenvalue weighted by Gasteiger charge is -2.21. The molecule has 0 aromatic heterocycles. The number of benzene rings is 2. The first-order valence-corrected chi connectivity index (χ1v) is 8.81. The summed E-state index contributed by atoms with van der Waals surface area (Å²) >= 11 is 0. The number of likely N-dealkylation sites (tertiary alicyclic amines) is 1. The molecule has 1 heterocycles. The maximum absolute atomic E-state index is 13.0. The van der Waals surface area contributed by atoms with Crippen molar-refractivity contribution in [3.05, 3.63) is 65.7 Å². The minimum absolute atomic E-state index is 0.158. The highest BCUT2D eigenvalue weighted by Gasteiger charge is 2.36. The number of hydrogen-bond donors (Lipinski definition) is 1. The molecular weight excluding hydrogens is 312 g/mol. The zero-order valence-corrected chi connectivity index (χ0v) is 14.9. The van der Waals surface area contributed by atoms with Gasteiger partial charge in [0.2, 0.25) is 5.91 Å².